The molecule has 1 aromatic rings. The summed E-state index contributed by atoms with van der Waals surface area (Å²) < 4.78 is 26.1. The van der Waals surface area contributed by atoms with Gasteiger partial charge in [-0.3, -0.25) is 4.98 Å². The number of hydrogen-bond donors (Lipinski definition) is 2. The van der Waals surface area contributed by atoms with Crippen LogP contribution >= 0.6 is 0 Å². The van der Waals surface area contributed by atoms with E-state index in [1.807, 2.05) is 0 Å². The zero-order chi connectivity index (χ0) is 13.9. The summed E-state index contributed by atoms with van der Waals surface area (Å²) in [7, 11) is -3.57. The van der Waals surface area contributed by atoms with E-state index in [2.05, 4.69) is 4.98 Å². The molecular weight excluding hydrogens is 268 g/mol. The van der Waals surface area contributed by atoms with Gasteiger partial charge >= 0.3 is 0 Å². The first kappa shape index (κ1) is 14.4. The maximum Gasteiger partial charge on any atom is 0.244 e. The number of aromatic nitrogens is 1. The monoisotopic (exact) mass is 286 g/mol. The van der Waals surface area contributed by atoms with Crippen LogP contribution in [0.15, 0.2) is 29.4 Å². The standard InChI is InChI=1S/C12H18N2O4S/c15-10-12(16)4-2-7-14(8-5-12)19(17,18)11-3-1-6-13-9-11/h1,3,6,9,15-16H,2,4-5,7-8,10H2/t12-/m0/s1. The van der Waals surface area contributed by atoms with E-state index in [-0.39, 0.29) is 24.5 Å². The van der Waals surface area contributed by atoms with Gasteiger partial charge in [0.1, 0.15) is 4.90 Å². The number of pyridine rings is 1. The fraction of sp³-hybridized carbons (Fsp3) is 0.583. The summed E-state index contributed by atoms with van der Waals surface area (Å²) in [5.41, 5.74) is -1.17. The first-order chi connectivity index (χ1) is 8.98. The van der Waals surface area contributed by atoms with E-state index >= 15 is 0 Å². The summed E-state index contributed by atoms with van der Waals surface area (Å²) in [5, 5.41) is 19.2. The van der Waals surface area contributed by atoms with Gasteiger partial charge in [-0.1, -0.05) is 0 Å². The molecule has 0 aromatic carbocycles. The number of aliphatic hydroxyl groups is 2. The summed E-state index contributed by atoms with van der Waals surface area (Å²) >= 11 is 0. The predicted octanol–water partition coefficient (Wildman–Crippen LogP) is -0.0204. The Bertz CT molecular complexity index is 520. The van der Waals surface area contributed by atoms with Crippen molar-refractivity contribution in [2.24, 2.45) is 0 Å². The minimum Gasteiger partial charge on any atom is -0.393 e. The Hall–Kier alpha value is -1.02. The predicted molar refractivity (Wildman–Crippen MR) is 68.9 cm³/mol. The molecule has 0 aliphatic carbocycles. The largest absolute Gasteiger partial charge is 0.393 e. The van der Waals surface area contributed by atoms with Gasteiger partial charge in [-0.2, -0.15) is 4.31 Å². The highest BCUT2D eigenvalue weighted by molar-refractivity contribution is 7.89. The third kappa shape index (κ3) is 3.11. The number of rotatable bonds is 3. The van der Waals surface area contributed by atoms with Crippen molar-refractivity contribution in [2.75, 3.05) is 19.7 Å². The molecule has 19 heavy (non-hydrogen) atoms. The zero-order valence-electron chi connectivity index (χ0n) is 10.6. The third-order valence-corrected chi connectivity index (χ3v) is 5.32. The summed E-state index contributed by atoms with van der Waals surface area (Å²) in [5.74, 6) is 0. The third-order valence-electron chi connectivity index (χ3n) is 3.44. The molecule has 2 rings (SSSR count). The second-order valence-electron chi connectivity index (χ2n) is 4.83. The van der Waals surface area contributed by atoms with Crippen LogP contribution in [0.3, 0.4) is 0 Å². The molecule has 106 valence electrons. The molecule has 0 bridgehead atoms. The minimum absolute atomic E-state index is 0.157. The molecule has 1 fully saturated rings. The van der Waals surface area contributed by atoms with E-state index in [4.69, 9.17) is 5.11 Å². The lowest BCUT2D eigenvalue weighted by Gasteiger charge is -2.24. The van der Waals surface area contributed by atoms with Gasteiger partial charge in [0.05, 0.1) is 12.2 Å². The lowest BCUT2D eigenvalue weighted by molar-refractivity contribution is -0.0244. The van der Waals surface area contributed by atoms with Crippen LogP contribution in [0.4, 0.5) is 0 Å². The number of sulfonamides is 1. The fourth-order valence-electron chi connectivity index (χ4n) is 2.20. The maximum atomic E-state index is 12.4. The highest BCUT2D eigenvalue weighted by Gasteiger charge is 2.33. The minimum atomic E-state index is -3.57. The number of hydrogen-bond acceptors (Lipinski definition) is 5. The molecule has 0 amide bonds. The van der Waals surface area contributed by atoms with Gasteiger partial charge in [0.15, 0.2) is 0 Å². The van der Waals surface area contributed by atoms with Crippen LogP contribution in [0.5, 0.6) is 0 Å². The Balaban J connectivity index is 2.19. The Labute approximate surface area is 112 Å². The van der Waals surface area contributed by atoms with Gasteiger partial charge in [-0.15, -0.1) is 0 Å². The molecule has 0 radical (unpaired) electrons. The van der Waals surface area contributed by atoms with Crippen molar-refractivity contribution in [1.29, 1.82) is 0 Å². The van der Waals surface area contributed by atoms with Crippen LogP contribution in [0.1, 0.15) is 19.3 Å². The topological polar surface area (TPSA) is 90.7 Å². The second-order valence-corrected chi connectivity index (χ2v) is 6.77. The highest BCUT2D eigenvalue weighted by atomic mass is 32.2. The number of aliphatic hydroxyl groups excluding tert-OH is 1. The summed E-state index contributed by atoms with van der Waals surface area (Å²) in [6.07, 6.45) is 4.01. The van der Waals surface area contributed by atoms with E-state index in [9.17, 15) is 13.5 Å². The van der Waals surface area contributed by atoms with Gasteiger partial charge in [-0.05, 0) is 31.4 Å². The van der Waals surface area contributed by atoms with Crippen LogP contribution in [-0.4, -0.2) is 53.2 Å². The Morgan fingerprint density at radius 1 is 1.37 bits per heavy atom. The summed E-state index contributed by atoms with van der Waals surface area (Å²) in [6.45, 7) is 0.210. The average Bonchev–Trinajstić information content (AvgIpc) is 2.63. The van der Waals surface area contributed by atoms with Crippen molar-refractivity contribution in [2.45, 2.75) is 29.8 Å². The average molecular weight is 286 g/mol. The smallest absolute Gasteiger partial charge is 0.244 e. The van der Waals surface area contributed by atoms with Crippen molar-refractivity contribution >= 4 is 10.0 Å². The maximum absolute atomic E-state index is 12.4. The fourth-order valence-corrected chi connectivity index (χ4v) is 3.65. The van der Waals surface area contributed by atoms with E-state index < -0.39 is 15.6 Å². The molecular formula is C12H18N2O4S. The lowest BCUT2D eigenvalue weighted by Crippen LogP contribution is -2.36. The van der Waals surface area contributed by atoms with Gasteiger partial charge in [0, 0.05) is 25.5 Å². The molecule has 0 unspecified atom stereocenters. The van der Waals surface area contributed by atoms with Crippen LogP contribution in [0.2, 0.25) is 0 Å². The summed E-state index contributed by atoms with van der Waals surface area (Å²) in [6, 6.07) is 3.08. The van der Waals surface area contributed by atoms with Crippen molar-refractivity contribution in [1.82, 2.24) is 9.29 Å². The molecule has 7 heteroatoms. The molecule has 0 spiro atoms. The first-order valence-electron chi connectivity index (χ1n) is 6.21. The Morgan fingerprint density at radius 3 is 2.79 bits per heavy atom. The molecule has 2 N–H and O–H groups in total. The quantitative estimate of drug-likeness (QED) is 0.815. The van der Waals surface area contributed by atoms with Gasteiger partial charge in [0.25, 0.3) is 0 Å². The lowest BCUT2D eigenvalue weighted by atomic mass is 9.96. The normalized spacial score (nSPS) is 26.0. The molecule has 1 aliphatic rings. The SMILES string of the molecule is O=S(=O)(c1cccnc1)N1CCC[C@@](O)(CO)CC1. The summed E-state index contributed by atoms with van der Waals surface area (Å²) in [4.78, 5) is 3.98. The van der Waals surface area contributed by atoms with Gasteiger partial charge in [0.2, 0.25) is 10.0 Å². The van der Waals surface area contributed by atoms with E-state index in [0.717, 1.165) is 0 Å². The van der Waals surface area contributed by atoms with E-state index in [1.54, 1.807) is 6.07 Å². The molecule has 1 aromatic heterocycles. The van der Waals surface area contributed by atoms with Crippen LogP contribution < -0.4 is 0 Å². The molecule has 1 aliphatic heterocycles. The van der Waals surface area contributed by atoms with E-state index in [0.29, 0.717) is 19.4 Å². The number of nitrogens with zero attached hydrogens (tertiary/aromatic N) is 2. The molecule has 0 saturated carbocycles. The zero-order valence-corrected chi connectivity index (χ0v) is 11.4. The molecule has 2 heterocycles. The molecule has 1 saturated heterocycles. The van der Waals surface area contributed by atoms with Crippen LogP contribution in [-0.2, 0) is 10.0 Å². The van der Waals surface area contributed by atoms with Crippen LogP contribution in [0.25, 0.3) is 0 Å². The molecule has 6 nitrogen and oxygen atoms in total. The van der Waals surface area contributed by atoms with E-state index in [1.165, 1.54) is 22.8 Å². The van der Waals surface area contributed by atoms with Gasteiger partial charge < -0.3 is 10.2 Å². The Morgan fingerprint density at radius 2 is 2.16 bits per heavy atom. The van der Waals surface area contributed by atoms with Crippen molar-refractivity contribution in [3.63, 3.8) is 0 Å². The van der Waals surface area contributed by atoms with Crippen molar-refractivity contribution < 1.29 is 18.6 Å². The van der Waals surface area contributed by atoms with Crippen molar-refractivity contribution in [3.8, 4) is 0 Å². The van der Waals surface area contributed by atoms with Crippen molar-refractivity contribution in [3.05, 3.63) is 24.5 Å². The molecule has 1 atom stereocenters. The first-order valence-corrected chi connectivity index (χ1v) is 7.65. The highest BCUT2D eigenvalue weighted by Crippen LogP contribution is 2.25. The Kier molecular flexibility index (Phi) is 4.19. The van der Waals surface area contributed by atoms with Crippen LogP contribution in [0, 0.1) is 0 Å². The second kappa shape index (κ2) is 5.54. The van der Waals surface area contributed by atoms with Gasteiger partial charge in [-0.25, -0.2) is 8.42 Å².